The number of allylic oxidation sites excluding steroid dienone is 13. The highest BCUT2D eigenvalue weighted by Crippen LogP contribution is 2.36. The molecule has 202 valence electrons. The van der Waals surface area contributed by atoms with Crippen LogP contribution in [-0.4, -0.2) is 12.8 Å². The van der Waals surface area contributed by atoms with Gasteiger partial charge in [-0.25, -0.2) is 0 Å². The lowest BCUT2D eigenvalue weighted by Crippen LogP contribution is -2.10. The van der Waals surface area contributed by atoms with Crippen molar-refractivity contribution in [2.45, 2.75) is 54.9 Å². The van der Waals surface area contributed by atoms with Crippen molar-refractivity contribution in [3.63, 3.8) is 0 Å². The molecule has 1 heterocycles. The maximum atomic E-state index is 4.00. The molecule has 1 aromatic carbocycles. The average molecular weight is 509 g/mol. The minimum atomic E-state index is 0.419. The van der Waals surface area contributed by atoms with Gasteiger partial charge in [-0.2, -0.15) is 0 Å². The summed E-state index contributed by atoms with van der Waals surface area (Å²) in [6.07, 6.45) is 30.5. The highest BCUT2D eigenvalue weighted by Gasteiger charge is 2.21. The molecule has 2 atom stereocenters. The molecule has 0 amide bonds. The lowest BCUT2D eigenvalue weighted by Gasteiger charge is -2.22. The standard InChI is InChI=1S/C32H36N2.2C2H6/c1-5-9-29(30-19-22-34-23-20-30)12-7-11-28-16-13-25(3)24-32(26(28)4)31-17-14-27(15-18-31)10-8-21-33-6-2;2*1-2/h5-15,17-22,24,26,28,34H,2,16,23H2,1,3-4H3;2*1-2H3/b9-5-,10-8+,11-7+,29-12+,33-21?;;. The summed E-state index contributed by atoms with van der Waals surface area (Å²) in [4.78, 5) is 4.00. The summed E-state index contributed by atoms with van der Waals surface area (Å²) < 4.78 is 0. The second kappa shape index (κ2) is 19.5. The number of hydrogen-bond donors (Lipinski definition) is 1. The predicted molar refractivity (Wildman–Crippen MR) is 173 cm³/mol. The zero-order valence-corrected chi connectivity index (χ0v) is 24.6. The highest BCUT2D eigenvalue weighted by molar-refractivity contribution is 5.79. The number of aliphatic imine (C=N–C) groups is 1. The van der Waals surface area contributed by atoms with Gasteiger partial charge in [-0.1, -0.05) is 126 Å². The molecule has 3 rings (SSSR count). The minimum Gasteiger partial charge on any atom is -0.387 e. The van der Waals surface area contributed by atoms with E-state index in [2.05, 4.69) is 123 Å². The number of nitrogens with one attached hydrogen (secondary N) is 1. The third-order valence-corrected chi connectivity index (χ3v) is 6.17. The van der Waals surface area contributed by atoms with E-state index in [0.29, 0.717) is 11.8 Å². The number of hydrogen-bond acceptors (Lipinski definition) is 2. The Labute approximate surface area is 233 Å². The normalized spacial score (nSPS) is 19.7. The summed E-state index contributed by atoms with van der Waals surface area (Å²) in [5, 5.41) is 3.22. The summed E-state index contributed by atoms with van der Waals surface area (Å²) >= 11 is 0. The molecule has 1 aromatic rings. The van der Waals surface area contributed by atoms with Crippen LogP contribution in [0.3, 0.4) is 0 Å². The third kappa shape index (κ3) is 10.8. The van der Waals surface area contributed by atoms with Gasteiger partial charge in [0.1, 0.15) is 0 Å². The zero-order chi connectivity index (χ0) is 28.2. The third-order valence-electron chi connectivity index (χ3n) is 6.17. The second-order valence-electron chi connectivity index (χ2n) is 8.61. The van der Waals surface area contributed by atoms with Crippen molar-refractivity contribution in [2.75, 3.05) is 6.54 Å². The summed E-state index contributed by atoms with van der Waals surface area (Å²) in [6.45, 7) is 19.1. The molecule has 0 radical (unpaired) electrons. The monoisotopic (exact) mass is 508 g/mol. The van der Waals surface area contributed by atoms with Crippen LogP contribution in [-0.2, 0) is 0 Å². The van der Waals surface area contributed by atoms with Gasteiger partial charge in [0.15, 0.2) is 0 Å². The van der Waals surface area contributed by atoms with Gasteiger partial charge in [-0.15, -0.1) is 0 Å². The Balaban J connectivity index is 0.00000172. The fourth-order valence-corrected chi connectivity index (χ4v) is 4.23. The Kier molecular flexibility index (Phi) is 16.6. The van der Waals surface area contributed by atoms with Crippen molar-refractivity contribution in [3.8, 4) is 0 Å². The Bertz CT molecular complexity index is 1110. The maximum absolute atomic E-state index is 4.00. The minimum absolute atomic E-state index is 0.419. The van der Waals surface area contributed by atoms with Crippen molar-refractivity contribution in [1.29, 1.82) is 0 Å². The largest absolute Gasteiger partial charge is 0.387 e. The fraction of sp³-hybridized carbons (Fsp3) is 0.306. The quantitative estimate of drug-likeness (QED) is 0.274. The van der Waals surface area contributed by atoms with Crippen molar-refractivity contribution in [3.05, 3.63) is 132 Å². The van der Waals surface area contributed by atoms with E-state index in [9.17, 15) is 0 Å². The van der Waals surface area contributed by atoms with E-state index in [1.54, 1.807) is 6.21 Å². The predicted octanol–water partition coefficient (Wildman–Crippen LogP) is 10.1. The van der Waals surface area contributed by atoms with E-state index in [4.69, 9.17) is 0 Å². The smallest absolute Gasteiger partial charge is 0.0334 e. The molecule has 2 nitrogen and oxygen atoms in total. The number of dihydropyridines is 1. The van der Waals surface area contributed by atoms with E-state index < -0.39 is 0 Å². The van der Waals surface area contributed by atoms with Crippen LogP contribution in [0, 0.1) is 11.8 Å². The SMILES string of the molecule is C=CN=C/C=C/c1ccc(C2=CC(C)=CCC(/C=C/C=C(\C=C/C)C3=CCNC=C3)C2C)cc1.CC.CC. The first-order valence-corrected chi connectivity index (χ1v) is 14.0. The van der Waals surface area contributed by atoms with Crippen LogP contribution in [0.15, 0.2) is 126 Å². The molecule has 0 saturated heterocycles. The Morgan fingerprint density at radius 2 is 1.79 bits per heavy atom. The molecule has 0 fully saturated rings. The van der Waals surface area contributed by atoms with Gasteiger partial charge in [0, 0.05) is 19.0 Å². The molecule has 0 aromatic heterocycles. The molecular formula is C36H48N2. The van der Waals surface area contributed by atoms with Gasteiger partial charge in [0.05, 0.1) is 0 Å². The van der Waals surface area contributed by atoms with E-state index >= 15 is 0 Å². The fourth-order valence-electron chi connectivity index (χ4n) is 4.23. The molecular weight excluding hydrogens is 460 g/mol. The molecule has 2 unspecified atom stereocenters. The van der Waals surface area contributed by atoms with Crippen molar-refractivity contribution in [1.82, 2.24) is 5.32 Å². The molecule has 0 saturated carbocycles. The molecule has 2 aliphatic rings. The van der Waals surface area contributed by atoms with E-state index in [1.165, 1.54) is 34.1 Å². The molecule has 0 bridgehead atoms. The Hall–Kier alpha value is -3.65. The van der Waals surface area contributed by atoms with Crippen LogP contribution >= 0.6 is 0 Å². The van der Waals surface area contributed by atoms with Crippen LogP contribution in [0.5, 0.6) is 0 Å². The molecule has 0 spiro atoms. The van der Waals surface area contributed by atoms with Crippen molar-refractivity contribution < 1.29 is 0 Å². The van der Waals surface area contributed by atoms with Crippen LogP contribution in [0.2, 0.25) is 0 Å². The topological polar surface area (TPSA) is 24.4 Å². The van der Waals surface area contributed by atoms with E-state index in [1.807, 2.05) is 40.0 Å². The van der Waals surface area contributed by atoms with Gasteiger partial charge in [0.2, 0.25) is 0 Å². The first kappa shape index (κ1) is 32.4. The summed E-state index contributed by atoms with van der Waals surface area (Å²) in [7, 11) is 0. The number of nitrogens with zero attached hydrogens (tertiary/aromatic N) is 1. The summed E-state index contributed by atoms with van der Waals surface area (Å²) in [6, 6.07) is 8.79. The van der Waals surface area contributed by atoms with Crippen LogP contribution < -0.4 is 5.32 Å². The van der Waals surface area contributed by atoms with Gasteiger partial charge < -0.3 is 5.32 Å². The number of benzene rings is 1. The number of rotatable bonds is 8. The van der Waals surface area contributed by atoms with Crippen LogP contribution in [0.1, 0.15) is 66.0 Å². The van der Waals surface area contributed by atoms with E-state index in [-0.39, 0.29) is 0 Å². The van der Waals surface area contributed by atoms with Crippen LogP contribution in [0.25, 0.3) is 11.6 Å². The molecule has 38 heavy (non-hydrogen) atoms. The van der Waals surface area contributed by atoms with Crippen molar-refractivity contribution in [2.24, 2.45) is 16.8 Å². The summed E-state index contributed by atoms with van der Waals surface area (Å²) in [5.74, 6) is 0.863. The maximum Gasteiger partial charge on any atom is 0.0334 e. The zero-order valence-electron chi connectivity index (χ0n) is 24.6. The molecule has 1 aliphatic carbocycles. The summed E-state index contributed by atoms with van der Waals surface area (Å²) in [5.41, 5.74) is 7.67. The lowest BCUT2D eigenvalue weighted by molar-refractivity contribution is 0.534. The van der Waals surface area contributed by atoms with Gasteiger partial charge in [0.25, 0.3) is 0 Å². The Morgan fingerprint density at radius 1 is 1.05 bits per heavy atom. The molecule has 2 heteroatoms. The average Bonchev–Trinajstić information content (AvgIpc) is 3.11. The van der Waals surface area contributed by atoms with Gasteiger partial charge >= 0.3 is 0 Å². The molecule has 1 aliphatic heterocycles. The second-order valence-corrected chi connectivity index (χ2v) is 8.61. The highest BCUT2D eigenvalue weighted by atomic mass is 14.8. The Morgan fingerprint density at radius 3 is 2.42 bits per heavy atom. The van der Waals surface area contributed by atoms with Gasteiger partial charge in [-0.05, 0) is 78.3 Å². The van der Waals surface area contributed by atoms with Crippen LogP contribution in [0.4, 0.5) is 0 Å². The van der Waals surface area contributed by atoms with Crippen molar-refractivity contribution >= 4 is 17.9 Å². The van der Waals surface area contributed by atoms with Gasteiger partial charge in [-0.3, -0.25) is 4.99 Å². The molecule has 1 N–H and O–H groups in total. The first-order valence-electron chi connectivity index (χ1n) is 14.0. The lowest BCUT2D eigenvalue weighted by atomic mass is 9.82. The first-order chi connectivity index (χ1) is 18.6. The van der Waals surface area contributed by atoms with E-state index in [0.717, 1.165) is 18.5 Å².